The van der Waals surface area contributed by atoms with Crippen LogP contribution in [-0.2, 0) is 0 Å². The van der Waals surface area contributed by atoms with Gasteiger partial charge in [-0.25, -0.2) is 9.83 Å². The van der Waals surface area contributed by atoms with Crippen LogP contribution in [-0.4, -0.2) is 14.1 Å². The van der Waals surface area contributed by atoms with Gasteiger partial charge in [0, 0.05) is 65.1 Å². The Morgan fingerprint density at radius 3 is 1.88 bits per heavy atom. The number of furan rings is 1. The molecule has 0 unspecified atom stereocenters. The van der Waals surface area contributed by atoms with Crippen LogP contribution in [0.25, 0.3) is 146 Å². The van der Waals surface area contributed by atoms with E-state index < -0.39 is 0 Å². The molecule has 0 saturated heterocycles. The maximum Gasteiger partial charge on any atom is 0.220 e. The van der Waals surface area contributed by atoms with E-state index in [1.165, 1.54) is 10.1 Å². The molecule has 0 aliphatic carbocycles. The van der Waals surface area contributed by atoms with Gasteiger partial charge in [0.25, 0.3) is 0 Å². The third kappa shape index (κ3) is 4.69. The van der Waals surface area contributed by atoms with Gasteiger partial charge in [-0.15, -0.1) is 11.3 Å². The molecule has 7 heteroatoms. The number of nitrogens with zero attached hydrogens (tertiary/aromatic N) is 5. The molecule has 0 saturated carbocycles. The number of fused-ring (bicyclic) bond motifs is 14. The Morgan fingerprint density at radius 1 is 0.515 bits per heavy atom. The van der Waals surface area contributed by atoms with Crippen molar-refractivity contribution in [1.82, 2.24) is 14.1 Å². The summed E-state index contributed by atoms with van der Waals surface area (Å²) >= 11 is 1.76. The molecule has 0 fully saturated rings. The standard InChI is InChI=1S/C61H31N5OS/c1-63-54-50(34-15-4-2-5-16-34)46(33-62)55(51(35-17-6-3-7-18-35)58(54)65-47-24-14-23-40-36-19-8-9-20-37(36)41-31-32-64-61(65)53(41)52(40)47)66-56-42(27-29-44-38-21-10-12-25-48(38)67-59(44)56)43-28-30-45-39-22-11-13-26-49(39)68-60(45)57(43)66/h2-32H. The second kappa shape index (κ2) is 13.6. The maximum absolute atomic E-state index is 12.1. The van der Waals surface area contributed by atoms with E-state index in [9.17, 15) is 11.8 Å². The molecular formula is C61H31N5OS. The van der Waals surface area contributed by atoms with Crippen LogP contribution >= 0.6 is 11.3 Å². The topological polar surface area (TPSA) is 64.0 Å². The van der Waals surface area contributed by atoms with Gasteiger partial charge in [0.15, 0.2) is 5.58 Å². The first-order chi connectivity index (χ1) is 33.7. The van der Waals surface area contributed by atoms with Crippen molar-refractivity contribution in [3.05, 3.63) is 205 Å². The van der Waals surface area contributed by atoms with Crippen LogP contribution in [0.3, 0.4) is 0 Å². The highest BCUT2D eigenvalue weighted by Crippen LogP contribution is 2.55. The molecule has 0 bridgehead atoms. The Bertz CT molecular complexity index is 4540. The Labute approximate surface area is 391 Å². The third-order valence-corrected chi connectivity index (χ3v) is 15.4. The summed E-state index contributed by atoms with van der Waals surface area (Å²) in [5.74, 6) is 0. The zero-order valence-corrected chi connectivity index (χ0v) is 36.8. The zero-order chi connectivity index (χ0) is 44.8. The molecule has 15 rings (SSSR count). The molecule has 0 radical (unpaired) electrons. The molecule has 0 amide bonds. The summed E-state index contributed by atoms with van der Waals surface area (Å²) in [5, 5.41) is 25.1. The molecule has 0 N–H and O–H groups in total. The van der Waals surface area contributed by atoms with E-state index in [1.54, 1.807) is 11.3 Å². The molecule has 0 atom stereocenters. The number of pyridine rings is 1. The lowest BCUT2D eigenvalue weighted by Crippen LogP contribution is -2.09. The molecule has 68 heavy (non-hydrogen) atoms. The van der Waals surface area contributed by atoms with Gasteiger partial charge >= 0.3 is 0 Å². The number of hydrogen-bond acceptors (Lipinski definition) is 4. The third-order valence-electron chi connectivity index (χ3n) is 14.2. The molecule has 312 valence electrons. The lowest BCUT2D eigenvalue weighted by atomic mass is 9.88. The summed E-state index contributed by atoms with van der Waals surface area (Å²) in [7, 11) is 0. The minimum Gasteiger partial charge on any atom is -0.454 e. The van der Waals surface area contributed by atoms with Crippen molar-refractivity contribution in [3.63, 3.8) is 0 Å². The van der Waals surface area contributed by atoms with Gasteiger partial charge in [0.05, 0.1) is 44.8 Å². The van der Waals surface area contributed by atoms with Gasteiger partial charge < -0.3 is 13.6 Å². The van der Waals surface area contributed by atoms with Gasteiger partial charge in [-0.1, -0.05) is 152 Å². The lowest BCUT2D eigenvalue weighted by Gasteiger charge is -2.25. The Balaban J connectivity index is 1.26. The first kappa shape index (κ1) is 37.0. The molecule has 10 aromatic carbocycles. The monoisotopic (exact) mass is 881 g/mol. The minimum atomic E-state index is 0.366. The van der Waals surface area contributed by atoms with Crippen molar-refractivity contribution < 1.29 is 4.42 Å². The number of para-hydroxylation sites is 1. The van der Waals surface area contributed by atoms with Crippen molar-refractivity contribution in [3.8, 4) is 39.7 Å². The van der Waals surface area contributed by atoms with Gasteiger partial charge in [0.1, 0.15) is 17.3 Å². The SMILES string of the molecule is [C-]#[N+]c1c(-c2ccccc2)c(C#N)c(-n2c3c(ccc4c5ccccc5oc43)c3ccc4c5ccccc5sc4c32)c(-c2ccccc2)c1-n1c2cccc3c4ccccc4c4ccnc1c4c32. The van der Waals surface area contributed by atoms with E-state index in [4.69, 9.17) is 9.40 Å². The van der Waals surface area contributed by atoms with Crippen molar-refractivity contribution in [2.45, 2.75) is 0 Å². The molecule has 5 heterocycles. The van der Waals surface area contributed by atoms with Crippen LogP contribution in [0.2, 0.25) is 0 Å². The second-order valence-electron chi connectivity index (χ2n) is 17.5. The fourth-order valence-corrected chi connectivity index (χ4v) is 12.7. The minimum absolute atomic E-state index is 0.366. The number of rotatable bonds is 4. The molecular weight excluding hydrogens is 851 g/mol. The summed E-state index contributed by atoms with van der Waals surface area (Å²) in [6, 6.07) is 65.8. The fraction of sp³-hybridized carbons (Fsp3) is 0. The Hall–Kier alpha value is -9.27. The van der Waals surface area contributed by atoms with E-state index in [1.807, 2.05) is 72.9 Å². The van der Waals surface area contributed by atoms with E-state index >= 15 is 0 Å². The summed E-state index contributed by atoms with van der Waals surface area (Å²) in [5.41, 5.74) is 10.0. The summed E-state index contributed by atoms with van der Waals surface area (Å²) < 4.78 is 13.8. The molecule has 6 nitrogen and oxygen atoms in total. The largest absolute Gasteiger partial charge is 0.454 e. The molecule has 0 spiro atoms. The quantitative estimate of drug-likeness (QED) is 0.131. The van der Waals surface area contributed by atoms with Crippen LogP contribution in [0.15, 0.2) is 193 Å². The van der Waals surface area contributed by atoms with E-state index in [-0.39, 0.29) is 0 Å². The highest BCUT2D eigenvalue weighted by molar-refractivity contribution is 7.26. The second-order valence-corrected chi connectivity index (χ2v) is 18.5. The number of benzene rings is 10. The first-order valence-electron chi connectivity index (χ1n) is 22.6. The molecule has 0 aliphatic heterocycles. The number of aromatic nitrogens is 3. The lowest BCUT2D eigenvalue weighted by molar-refractivity contribution is 0.671. The van der Waals surface area contributed by atoms with Crippen molar-refractivity contribution in [2.75, 3.05) is 0 Å². The molecule has 15 aromatic rings. The van der Waals surface area contributed by atoms with E-state index in [0.717, 1.165) is 114 Å². The van der Waals surface area contributed by atoms with Gasteiger partial charge in [0.2, 0.25) is 5.69 Å². The van der Waals surface area contributed by atoms with Crippen molar-refractivity contribution in [1.29, 1.82) is 5.26 Å². The smallest absolute Gasteiger partial charge is 0.220 e. The van der Waals surface area contributed by atoms with Crippen LogP contribution in [0.1, 0.15) is 5.56 Å². The summed E-state index contributed by atoms with van der Waals surface area (Å²) in [6.45, 7) is 9.34. The van der Waals surface area contributed by atoms with Gasteiger partial charge in [-0.05, 0) is 63.0 Å². The summed E-state index contributed by atoms with van der Waals surface area (Å²) in [6.07, 6.45) is 1.89. The van der Waals surface area contributed by atoms with Crippen molar-refractivity contribution in [2.24, 2.45) is 0 Å². The fourth-order valence-electron chi connectivity index (χ4n) is 11.5. The predicted molar refractivity (Wildman–Crippen MR) is 281 cm³/mol. The average Bonchev–Trinajstić information content (AvgIpc) is 4.16. The highest BCUT2D eigenvalue weighted by atomic mass is 32.1. The number of thiophene rings is 1. The average molecular weight is 882 g/mol. The number of nitriles is 1. The highest BCUT2D eigenvalue weighted by Gasteiger charge is 2.34. The Morgan fingerprint density at radius 2 is 1.13 bits per heavy atom. The molecule has 5 aromatic heterocycles. The van der Waals surface area contributed by atoms with Gasteiger partial charge in [-0.3, -0.25) is 0 Å². The van der Waals surface area contributed by atoms with E-state index in [2.05, 4.69) is 135 Å². The van der Waals surface area contributed by atoms with Crippen LogP contribution in [0, 0.1) is 17.9 Å². The predicted octanol–water partition coefficient (Wildman–Crippen LogP) is 17.0. The molecule has 0 aliphatic rings. The van der Waals surface area contributed by atoms with Crippen LogP contribution in [0.5, 0.6) is 0 Å². The number of hydrogen-bond donors (Lipinski definition) is 0. The first-order valence-corrected chi connectivity index (χ1v) is 23.4. The Kier molecular flexibility index (Phi) is 7.42. The normalized spacial score (nSPS) is 12.1. The van der Waals surface area contributed by atoms with Gasteiger partial charge in [-0.2, -0.15) is 5.26 Å². The zero-order valence-electron chi connectivity index (χ0n) is 36.0. The van der Waals surface area contributed by atoms with Crippen LogP contribution in [0.4, 0.5) is 5.69 Å². The summed E-state index contributed by atoms with van der Waals surface area (Å²) in [4.78, 5) is 9.80. The van der Waals surface area contributed by atoms with Crippen molar-refractivity contribution >= 4 is 124 Å². The van der Waals surface area contributed by atoms with Crippen LogP contribution < -0.4 is 0 Å². The van der Waals surface area contributed by atoms with E-state index in [0.29, 0.717) is 28.2 Å². The maximum atomic E-state index is 12.1.